The van der Waals surface area contributed by atoms with Crippen molar-refractivity contribution in [2.75, 3.05) is 19.5 Å². The zero-order chi connectivity index (χ0) is 14.5. The minimum absolute atomic E-state index is 0.0405. The molecule has 1 amide bonds. The Hall–Kier alpha value is -1.39. The molecule has 4 nitrogen and oxygen atoms in total. The molecule has 0 radical (unpaired) electrons. The fourth-order valence-corrected chi connectivity index (χ4v) is 1.69. The van der Waals surface area contributed by atoms with Crippen molar-refractivity contribution in [3.63, 3.8) is 0 Å². The number of anilines is 1. The highest BCUT2D eigenvalue weighted by molar-refractivity contribution is 5.91. The van der Waals surface area contributed by atoms with Gasteiger partial charge >= 0.3 is 0 Å². The van der Waals surface area contributed by atoms with Crippen LogP contribution in [0.1, 0.15) is 38.8 Å². The van der Waals surface area contributed by atoms with E-state index in [4.69, 9.17) is 4.74 Å². The van der Waals surface area contributed by atoms with Gasteiger partial charge in [-0.05, 0) is 45.5 Å². The summed E-state index contributed by atoms with van der Waals surface area (Å²) in [5.74, 6) is -0.0405. The lowest BCUT2D eigenvalue weighted by molar-refractivity contribution is -0.121. The van der Waals surface area contributed by atoms with Crippen molar-refractivity contribution < 1.29 is 9.53 Å². The van der Waals surface area contributed by atoms with Crippen LogP contribution in [0.3, 0.4) is 0 Å². The zero-order valence-corrected chi connectivity index (χ0v) is 12.4. The number of benzene rings is 1. The number of hydrogen-bond acceptors (Lipinski definition) is 3. The van der Waals surface area contributed by atoms with Gasteiger partial charge in [-0.1, -0.05) is 12.1 Å². The summed E-state index contributed by atoms with van der Waals surface area (Å²) in [5, 5.41) is 6.05. The molecule has 0 bridgehead atoms. The molecule has 0 saturated heterocycles. The van der Waals surface area contributed by atoms with E-state index in [1.165, 1.54) is 5.56 Å². The lowest BCUT2D eigenvalue weighted by Crippen LogP contribution is -2.29. The molecular weight excluding hydrogens is 240 g/mol. The van der Waals surface area contributed by atoms with Crippen molar-refractivity contribution in [3.8, 4) is 0 Å². The van der Waals surface area contributed by atoms with Crippen LogP contribution < -0.4 is 10.6 Å². The van der Waals surface area contributed by atoms with Crippen molar-refractivity contribution in [3.05, 3.63) is 29.8 Å². The van der Waals surface area contributed by atoms with Crippen LogP contribution in [-0.2, 0) is 9.53 Å². The van der Waals surface area contributed by atoms with Crippen LogP contribution in [0.5, 0.6) is 0 Å². The summed E-state index contributed by atoms with van der Waals surface area (Å²) in [7, 11) is 3.54. The van der Waals surface area contributed by atoms with Crippen LogP contribution in [0.25, 0.3) is 0 Å². The van der Waals surface area contributed by atoms with Crippen molar-refractivity contribution >= 4 is 11.6 Å². The van der Waals surface area contributed by atoms with Gasteiger partial charge in [0.25, 0.3) is 0 Å². The normalized spacial score (nSPS) is 13.1. The molecule has 1 unspecified atom stereocenters. The minimum Gasteiger partial charge on any atom is -0.378 e. The van der Waals surface area contributed by atoms with Crippen LogP contribution >= 0.6 is 0 Å². The molecule has 0 fully saturated rings. The van der Waals surface area contributed by atoms with Gasteiger partial charge in [0.05, 0.1) is 12.0 Å². The Labute approximate surface area is 115 Å². The summed E-state index contributed by atoms with van der Waals surface area (Å²) in [6.45, 7) is 5.88. The molecule has 0 spiro atoms. The molecule has 0 aliphatic heterocycles. The summed E-state index contributed by atoms with van der Waals surface area (Å²) in [4.78, 5) is 11.9. The van der Waals surface area contributed by atoms with Crippen LogP contribution in [0.2, 0.25) is 0 Å². The number of rotatable bonds is 6. The number of hydrogen-bond donors (Lipinski definition) is 2. The first kappa shape index (κ1) is 15.7. The Morgan fingerprint density at radius 3 is 2.37 bits per heavy atom. The Kier molecular flexibility index (Phi) is 5.51. The van der Waals surface area contributed by atoms with E-state index in [0.29, 0.717) is 12.5 Å². The van der Waals surface area contributed by atoms with Gasteiger partial charge in [0.1, 0.15) is 0 Å². The van der Waals surface area contributed by atoms with E-state index < -0.39 is 5.60 Å². The molecule has 0 saturated carbocycles. The molecular formula is C15H24N2O2. The number of nitrogens with one attached hydrogen (secondary N) is 2. The van der Waals surface area contributed by atoms with Crippen molar-refractivity contribution in [2.24, 2.45) is 0 Å². The Balaban J connectivity index is 2.61. The summed E-state index contributed by atoms with van der Waals surface area (Å²) in [6.07, 6.45) is 0.332. The summed E-state index contributed by atoms with van der Waals surface area (Å²) in [6, 6.07) is 8.16. The molecule has 1 aromatic rings. The van der Waals surface area contributed by atoms with Gasteiger partial charge in [-0.3, -0.25) is 4.79 Å². The smallest absolute Gasteiger partial charge is 0.227 e. The molecule has 0 aromatic heterocycles. The second kappa shape index (κ2) is 6.68. The maximum atomic E-state index is 11.9. The highest BCUT2D eigenvalue weighted by Crippen LogP contribution is 2.18. The van der Waals surface area contributed by atoms with Crippen LogP contribution in [-0.4, -0.2) is 25.7 Å². The van der Waals surface area contributed by atoms with E-state index in [9.17, 15) is 4.79 Å². The second-order valence-corrected chi connectivity index (χ2v) is 5.32. The van der Waals surface area contributed by atoms with Crippen LogP contribution in [0.15, 0.2) is 24.3 Å². The fourth-order valence-electron chi connectivity index (χ4n) is 1.69. The highest BCUT2D eigenvalue weighted by atomic mass is 16.5. The highest BCUT2D eigenvalue weighted by Gasteiger charge is 2.20. The maximum absolute atomic E-state index is 11.9. The van der Waals surface area contributed by atoms with Crippen LogP contribution in [0.4, 0.5) is 5.69 Å². The average Bonchev–Trinajstić information content (AvgIpc) is 2.38. The lowest BCUT2D eigenvalue weighted by Gasteiger charge is -2.22. The fraction of sp³-hybridized carbons (Fsp3) is 0.533. The summed E-state index contributed by atoms with van der Waals surface area (Å²) >= 11 is 0. The number of carbonyl (C=O) groups excluding carboxylic acids is 1. The molecule has 2 N–H and O–H groups in total. The van der Waals surface area contributed by atoms with E-state index in [2.05, 4.69) is 17.6 Å². The van der Waals surface area contributed by atoms with Crippen molar-refractivity contribution in [1.82, 2.24) is 5.32 Å². The van der Waals surface area contributed by atoms with Gasteiger partial charge in [-0.15, -0.1) is 0 Å². The topological polar surface area (TPSA) is 50.4 Å². The summed E-state index contributed by atoms with van der Waals surface area (Å²) in [5.41, 5.74) is 1.56. The maximum Gasteiger partial charge on any atom is 0.227 e. The molecule has 1 atom stereocenters. The van der Waals surface area contributed by atoms with Gasteiger partial charge in [0.15, 0.2) is 0 Å². The number of amides is 1. The third kappa shape index (κ3) is 5.01. The van der Waals surface area contributed by atoms with Crippen molar-refractivity contribution in [1.29, 1.82) is 0 Å². The number of methoxy groups -OCH3 is 1. The predicted octanol–water partition coefficient (Wildman–Crippen LogP) is 2.72. The van der Waals surface area contributed by atoms with Gasteiger partial charge in [0, 0.05) is 18.8 Å². The molecule has 0 aliphatic carbocycles. The molecule has 19 heavy (non-hydrogen) atoms. The van der Waals surface area contributed by atoms with Gasteiger partial charge in [-0.2, -0.15) is 0 Å². The predicted molar refractivity (Wildman–Crippen MR) is 78.3 cm³/mol. The molecule has 106 valence electrons. The largest absolute Gasteiger partial charge is 0.378 e. The van der Waals surface area contributed by atoms with E-state index in [-0.39, 0.29) is 5.91 Å². The Morgan fingerprint density at radius 2 is 1.89 bits per heavy atom. The minimum atomic E-state index is -0.440. The summed E-state index contributed by atoms with van der Waals surface area (Å²) < 4.78 is 5.24. The first-order valence-corrected chi connectivity index (χ1v) is 6.50. The standard InChI is InChI=1S/C15H24N2O2/c1-11(16-4)12-6-8-13(9-7-12)17-14(18)10-15(2,3)19-5/h6-9,11,16H,10H2,1-5H3,(H,17,18). The lowest BCUT2D eigenvalue weighted by atomic mass is 10.0. The third-order valence-electron chi connectivity index (χ3n) is 3.27. The molecule has 4 heteroatoms. The quantitative estimate of drug-likeness (QED) is 0.830. The number of carbonyl (C=O) groups is 1. The first-order valence-electron chi connectivity index (χ1n) is 6.50. The second-order valence-electron chi connectivity index (χ2n) is 5.32. The molecule has 0 heterocycles. The average molecular weight is 264 g/mol. The monoisotopic (exact) mass is 264 g/mol. The molecule has 0 aliphatic rings. The van der Waals surface area contributed by atoms with E-state index in [1.54, 1.807) is 7.11 Å². The van der Waals surface area contributed by atoms with Crippen LogP contribution in [0, 0.1) is 0 Å². The van der Waals surface area contributed by atoms with Crippen molar-refractivity contribution in [2.45, 2.75) is 38.8 Å². The SMILES string of the molecule is CNC(C)c1ccc(NC(=O)CC(C)(C)OC)cc1. The van der Waals surface area contributed by atoms with Gasteiger partial charge < -0.3 is 15.4 Å². The van der Waals surface area contributed by atoms with Gasteiger partial charge in [0.2, 0.25) is 5.91 Å². The Morgan fingerprint density at radius 1 is 1.32 bits per heavy atom. The van der Waals surface area contributed by atoms with E-state index in [1.807, 2.05) is 45.2 Å². The van der Waals surface area contributed by atoms with E-state index >= 15 is 0 Å². The molecule has 1 rings (SSSR count). The Bertz CT molecular complexity index is 413. The van der Waals surface area contributed by atoms with Gasteiger partial charge in [-0.25, -0.2) is 0 Å². The molecule has 1 aromatic carbocycles. The number of ether oxygens (including phenoxy) is 1. The van der Waals surface area contributed by atoms with E-state index in [0.717, 1.165) is 5.69 Å². The third-order valence-corrected chi connectivity index (χ3v) is 3.27. The first-order chi connectivity index (χ1) is 8.88. The zero-order valence-electron chi connectivity index (χ0n) is 12.4.